The molecule has 1 aliphatic heterocycles. The molecule has 1 unspecified atom stereocenters. The zero-order valence-electron chi connectivity index (χ0n) is 9.08. The van der Waals surface area contributed by atoms with Crippen molar-refractivity contribution in [2.75, 3.05) is 13.7 Å². The first kappa shape index (κ1) is 9.97. The third kappa shape index (κ3) is 1.44. The van der Waals surface area contributed by atoms with E-state index in [0.717, 1.165) is 32.2 Å². The largest absolute Gasteiger partial charge is 0.381 e. The van der Waals surface area contributed by atoms with Gasteiger partial charge in [0.15, 0.2) is 0 Å². The molecule has 0 radical (unpaired) electrons. The van der Waals surface area contributed by atoms with E-state index in [0.29, 0.717) is 6.10 Å². The number of nitrogens with zero attached hydrogens (tertiary/aromatic N) is 1. The van der Waals surface area contributed by atoms with Gasteiger partial charge in [0.25, 0.3) is 0 Å². The van der Waals surface area contributed by atoms with Crippen molar-refractivity contribution in [3.05, 3.63) is 0 Å². The molecular weight excluding hydrogens is 178 g/mol. The second kappa shape index (κ2) is 3.54. The number of hydrogen-bond acceptors (Lipinski definition) is 2. The molecule has 80 valence electrons. The summed E-state index contributed by atoms with van der Waals surface area (Å²) in [5.74, 6) is 0.235. The molecule has 14 heavy (non-hydrogen) atoms. The zero-order chi connectivity index (χ0) is 10.2. The van der Waals surface area contributed by atoms with Crippen LogP contribution in [-0.4, -0.2) is 36.1 Å². The quantitative estimate of drug-likeness (QED) is 0.638. The van der Waals surface area contributed by atoms with Crippen LogP contribution in [0.3, 0.4) is 0 Å². The maximum Gasteiger partial charge on any atom is 0.219 e. The van der Waals surface area contributed by atoms with Crippen molar-refractivity contribution in [1.82, 2.24) is 4.90 Å². The molecule has 0 aromatic carbocycles. The van der Waals surface area contributed by atoms with Crippen LogP contribution >= 0.6 is 0 Å². The highest BCUT2D eigenvalue weighted by molar-refractivity contribution is 5.74. The molecule has 3 nitrogen and oxygen atoms in total. The average molecular weight is 197 g/mol. The van der Waals surface area contributed by atoms with E-state index in [4.69, 9.17) is 4.74 Å². The minimum absolute atomic E-state index is 0.159. The minimum atomic E-state index is 0.159. The van der Waals surface area contributed by atoms with Crippen LogP contribution in [0, 0.1) is 0 Å². The second-order valence-corrected chi connectivity index (χ2v) is 4.60. The molecule has 1 heterocycles. The van der Waals surface area contributed by atoms with Crippen LogP contribution in [0.4, 0.5) is 0 Å². The SMILES string of the molecule is CO[C@@H]1CCC2(CCCN2C(C)=O)C1. The van der Waals surface area contributed by atoms with Crippen molar-refractivity contribution in [1.29, 1.82) is 0 Å². The molecule has 1 saturated carbocycles. The highest BCUT2D eigenvalue weighted by Crippen LogP contribution is 2.43. The Balaban J connectivity index is 2.11. The highest BCUT2D eigenvalue weighted by atomic mass is 16.5. The molecule has 1 aliphatic carbocycles. The number of rotatable bonds is 1. The van der Waals surface area contributed by atoms with Crippen LogP contribution in [-0.2, 0) is 9.53 Å². The molecule has 2 atom stereocenters. The molecule has 0 aromatic heterocycles. The summed E-state index contributed by atoms with van der Waals surface area (Å²) < 4.78 is 5.39. The standard InChI is InChI=1S/C11H19NO2/c1-9(13)12-7-3-5-11(12)6-4-10(8-11)14-2/h10H,3-8H2,1-2H3/t10-,11?/m1/s1. The molecule has 1 spiro atoms. The van der Waals surface area contributed by atoms with Crippen LogP contribution in [0.25, 0.3) is 0 Å². The molecule has 3 heteroatoms. The fourth-order valence-electron chi connectivity index (χ4n) is 3.16. The number of ether oxygens (including phenoxy) is 1. The number of hydrogen-bond donors (Lipinski definition) is 0. The van der Waals surface area contributed by atoms with Gasteiger partial charge in [-0.3, -0.25) is 4.79 Å². The predicted molar refractivity (Wildman–Crippen MR) is 54.0 cm³/mol. The lowest BCUT2D eigenvalue weighted by molar-refractivity contribution is -0.133. The number of amides is 1. The van der Waals surface area contributed by atoms with Gasteiger partial charge >= 0.3 is 0 Å². The van der Waals surface area contributed by atoms with Crippen molar-refractivity contribution in [2.24, 2.45) is 0 Å². The van der Waals surface area contributed by atoms with Gasteiger partial charge in [0.2, 0.25) is 5.91 Å². The molecule has 0 aromatic rings. The summed E-state index contributed by atoms with van der Waals surface area (Å²) in [6.07, 6.45) is 5.99. The number of methoxy groups -OCH3 is 1. The normalized spacial score (nSPS) is 37.0. The summed E-state index contributed by atoms with van der Waals surface area (Å²) in [7, 11) is 1.77. The van der Waals surface area contributed by atoms with Crippen LogP contribution < -0.4 is 0 Å². The fraction of sp³-hybridized carbons (Fsp3) is 0.909. The Hall–Kier alpha value is -0.570. The van der Waals surface area contributed by atoms with E-state index in [-0.39, 0.29) is 11.4 Å². The summed E-state index contributed by atoms with van der Waals surface area (Å²) >= 11 is 0. The summed E-state index contributed by atoms with van der Waals surface area (Å²) in [5.41, 5.74) is 0.159. The maximum absolute atomic E-state index is 11.5. The van der Waals surface area contributed by atoms with Gasteiger partial charge in [-0.05, 0) is 32.1 Å². The Bertz CT molecular complexity index is 241. The molecule has 2 rings (SSSR count). The van der Waals surface area contributed by atoms with E-state index in [9.17, 15) is 4.79 Å². The molecule has 2 aliphatic rings. The maximum atomic E-state index is 11.5. The first-order valence-electron chi connectivity index (χ1n) is 5.49. The first-order chi connectivity index (χ1) is 6.68. The van der Waals surface area contributed by atoms with Crippen molar-refractivity contribution in [3.63, 3.8) is 0 Å². The summed E-state index contributed by atoms with van der Waals surface area (Å²) in [6, 6.07) is 0. The van der Waals surface area contributed by atoms with Crippen LogP contribution in [0.15, 0.2) is 0 Å². The van der Waals surface area contributed by atoms with E-state index in [1.54, 1.807) is 14.0 Å². The fourth-order valence-corrected chi connectivity index (χ4v) is 3.16. The molecule has 2 fully saturated rings. The zero-order valence-corrected chi connectivity index (χ0v) is 9.08. The van der Waals surface area contributed by atoms with Gasteiger partial charge in [0.1, 0.15) is 0 Å². The first-order valence-corrected chi connectivity index (χ1v) is 5.49. The minimum Gasteiger partial charge on any atom is -0.381 e. The molecule has 1 saturated heterocycles. The van der Waals surface area contributed by atoms with E-state index >= 15 is 0 Å². The summed E-state index contributed by atoms with van der Waals surface area (Å²) in [5, 5.41) is 0. The van der Waals surface area contributed by atoms with Crippen molar-refractivity contribution in [3.8, 4) is 0 Å². The Kier molecular flexibility index (Phi) is 2.52. The smallest absolute Gasteiger partial charge is 0.219 e. The highest BCUT2D eigenvalue weighted by Gasteiger charge is 2.47. The number of carbonyl (C=O) groups is 1. The van der Waals surface area contributed by atoms with Crippen LogP contribution in [0.5, 0.6) is 0 Å². The predicted octanol–water partition coefficient (Wildman–Crippen LogP) is 1.57. The van der Waals surface area contributed by atoms with Crippen molar-refractivity contribution in [2.45, 2.75) is 50.7 Å². The van der Waals surface area contributed by atoms with Crippen LogP contribution in [0.1, 0.15) is 39.0 Å². The van der Waals surface area contributed by atoms with Gasteiger partial charge in [0.05, 0.1) is 6.10 Å². The van der Waals surface area contributed by atoms with E-state index < -0.39 is 0 Å². The molecule has 0 N–H and O–H groups in total. The monoisotopic (exact) mass is 197 g/mol. The summed E-state index contributed by atoms with van der Waals surface area (Å²) in [4.78, 5) is 13.6. The lowest BCUT2D eigenvalue weighted by atomic mass is 9.94. The van der Waals surface area contributed by atoms with E-state index in [1.807, 2.05) is 0 Å². The van der Waals surface area contributed by atoms with Gasteiger partial charge in [-0.2, -0.15) is 0 Å². The number of likely N-dealkylation sites (tertiary alicyclic amines) is 1. The molecular formula is C11H19NO2. The Labute approximate surface area is 85.4 Å². The Morgan fingerprint density at radius 2 is 2.29 bits per heavy atom. The number of carbonyl (C=O) groups excluding carboxylic acids is 1. The third-order valence-electron chi connectivity index (χ3n) is 3.85. The van der Waals surface area contributed by atoms with E-state index in [1.165, 1.54) is 6.42 Å². The van der Waals surface area contributed by atoms with E-state index in [2.05, 4.69) is 4.90 Å². The topological polar surface area (TPSA) is 29.5 Å². The van der Waals surface area contributed by atoms with Gasteiger partial charge in [-0.15, -0.1) is 0 Å². The van der Waals surface area contributed by atoms with Gasteiger partial charge in [0, 0.05) is 26.1 Å². The van der Waals surface area contributed by atoms with Crippen molar-refractivity contribution >= 4 is 5.91 Å². The van der Waals surface area contributed by atoms with Gasteiger partial charge < -0.3 is 9.64 Å². The Morgan fingerprint density at radius 1 is 1.50 bits per heavy atom. The second-order valence-electron chi connectivity index (χ2n) is 4.60. The van der Waals surface area contributed by atoms with Crippen molar-refractivity contribution < 1.29 is 9.53 Å². The molecule has 0 bridgehead atoms. The van der Waals surface area contributed by atoms with Gasteiger partial charge in [-0.25, -0.2) is 0 Å². The average Bonchev–Trinajstić information content (AvgIpc) is 2.74. The lowest BCUT2D eigenvalue weighted by Crippen LogP contribution is -2.44. The lowest BCUT2D eigenvalue weighted by Gasteiger charge is -2.34. The van der Waals surface area contributed by atoms with Crippen LogP contribution in [0.2, 0.25) is 0 Å². The van der Waals surface area contributed by atoms with Gasteiger partial charge in [-0.1, -0.05) is 0 Å². The molecule has 1 amide bonds. The summed E-state index contributed by atoms with van der Waals surface area (Å²) in [6.45, 7) is 2.64. The Morgan fingerprint density at radius 3 is 2.86 bits per heavy atom. The third-order valence-corrected chi connectivity index (χ3v) is 3.85.